The van der Waals surface area contributed by atoms with Crippen LogP contribution >= 0.6 is 0 Å². The van der Waals surface area contributed by atoms with Crippen molar-refractivity contribution in [2.45, 2.75) is 32.4 Å². The molecule has 1 N–H and O–H groups in total. The van der Waals surface area contributed by atoms with Crippen LogP contribution in [0, 0.1) is 0 Å². The van der Waals surface area contributed by atoms with Gasteiger partial charge >= 0.3 is 6.09 Å². The molecule has 6 heteroatoms. The highest BCUT2D eigenvalue weighted by molar-refractivity contribution is 7.80. The number of amides is 1. The summed E-state index contributed by atoms with van der Waals surface area (Å²) in [4.78, 5) is 11.2. The van der Waals surface area contributed by atoms with Crippen LogP contribution in [0.1, 0.15) is 20.8 Å². The second-order valence-corrected chi connectivity index (χ2v) is 5.27. The molecule has 0 bridgehead atoms. The van der Waals surface area contributed by atoms with Crippen LogP contribution < -0.4 is 5.32 Å². The maximum atomic E-state index is 11.2. The Morgan fingerprint density at radius 3 is 2.64 bits per heavy atom. The van der Waals surface area contributed by atoms with Crippen LogP contribution in [-0.2, 0) is 20.0 Å². The zero-order chi connectivity index (χ0) is 10.8. The standard InChI is InChI=1S/C8H15NO4S/c1-8(2,3)13-7(10)9-6-4-12-14(11)5-6/h6H,4-5H2,1-3H3,(H,9,10)/t6-,14-/m1/s1. The summed E-state index contributed by atoms with van der Waals surface area (Å²) < 4.78 is 20.6. The summed E-state index contributed by atoms with van der Waals surface area (Å²) in [7, 11) is 0. The average Bonchev–Trinajstić information content (AvgIpc) is 2.30. The van der Waals surface area contributed by atoms with Crippen LogP contribution in [0.15, 0.2) is 0 Å². The number of hydrogen-bond acceptors (Lipinski definition) is 4. The van der Waals surface area contributed by atoms with Gasteiger partial charge in [-0.2, -0.15) is 0 Å². The first-order valence-electron chi connectivity index (χ1n) is 4.38. The second-order valence-electron chi connectivity index (χ2n) is 4.10. The van der Waals surface area contributed by atoms with Crippen LogP contribution in [0.2, 0.25) is 0 Å². The normalized spacial score (nSPS) is 27.4. The molecule has 1 saturated heterocycles. The third kappa shape index (κ3) is 4.06. The fourth-order valence-electron chi connectivity index (χ4n) is 0.976. The van der Waals surface area contributed by atoms with E-state index in [9.17, 15) is 9.00 Å². The van der Waals surface area contributed by atoms with Gasteiger partial charge in [-0.1, -0.05) is 0 Å². The molecule has 1 aliphatic rings. The lowest BCUT2D eigenvalue weighted by molar-refractivity contribution is 0.0503. The first-order chi connectivity index (χ1) is 6.37. The molecule has 0 aromatic rings. The first-order valence-corrected chi connectivity index (χ1v) is 5.62. The highest BCUT2D eigenvalue weighted by Crippen LogP contribution is 2.08. The van der Waals surface area contributed by atoms with Gasteiger partial charge in [0.15, 0.2) is 11.1 Å². The Bertz CT molecular complexity index is 248. The Morgan fingerprint density at radius 1 is 1.57 bits per heavy atom. The minimum atomic E-state index is -1.26. The summed E-state index contributed by atoms with van der Waals surface area (Å²) in [6.45, 7) is 5.65. The number of alkyl carbamates (subject to hydrolysis) is 1. The third-order valence-electron chi connectivity index (χ3n) is 1.46. The largest absolute Gasteiger partial charge is 0.444 e. The molecule has 1 amide bonds. The number of ether oxygens (including phenoxy) is 1. The molecule has 1 aliphatic heterocycles. The SMILES string of the molecule is CC(C)(C)OC(=O)N[C@@H]1CO[S@@](=O)C1. The highest BCUT2D eigenvalue weighted by atomic mass is 32.2. The van der Waals surface area contributed by atoms with Gasteiger partial charge in [-0.15, -0.1) is 0 Å². The molecule has 0 aliphatic carbocycles. The molecular formula is C8H15NO4S. The van der Waals surface area contributed by atoms with Crippen LogP contribution in [0.3, 0.4) is 0 Å². The summed E-state index contributed by atoms with van der Waals surface area (Å²) in [5.74, 6) is 0.333. The number of carbonyl (C=O) groups excluding carboxylic acids is 1. The topological polar surface area (TPSA) is 64.6 Å². The minimum Gasteiger partial charge on any atom is -0.444 e. The predicted octanol–water partition coefficient (Wildman–Crippen LogP) is 0.574. The minimum absolute atomic E-state index is 0.203. The van der Waals surface area contributed by atoms with Gasteiger partial charge in [-0.25, -0.2) is 9.00 Å². The van der Waals surface area contributed by atoms with Gasteiger partial charge < -0.3 is 10.1 Å². The molecule has 1 fully saturated rings. The van der Waals surface area contributed by atoms with E-state index in [0.717, 1.165) is 0 Å². The van der Waals surface area contributed by atoms with Crippen molar-refractivity contribution >= 4 is 17.2 Å². The van der Waals surface area contributed by atoms with Crippen LogP contribution in [0.25, 0.3) is 0 Å². The smallest absolute Gasteiger partial charge is 0.407 e. The highest BCUT2D eigenvalue weighted by Gasteiger charge is 2.26. The fourth-order valence-corrected chi connectivity index (χ4v) is 1.90. The second kappa shape index (κ2) is 4.27. The Kier molecular flexibility index (Phi) is 3.49. The maximum Gasteiger partial charge on any atom is 0.407 e. The molecule has 14 heavy (non-hydrogen) atoms. The molecule has 82 valence electrons. The number of hydrogen-bond donors (Lipinski definition) is 1. The van der Waals surface area contributed by atoms with Gasteiger partial charge in [0.05, 0.1) is 18.4 Å². The lowest BCUT2D eigenvalue weighted by Crippen LogP contribution is -2.40. The zero-order valence-corrected chi connectivity index (χ0v) is 9.35. The van der Waals surface area contributed by atoms with Gasteiger partial charge in [0, 0.05) is 0 Å². The lowest BCUT2D eigenvalue weighted by Gasteiger charge is -2.20. The predicted molar refractivity (Wildman–Crippen MR) is 52.1 cm³/mol. The molecule has 1 heterocycles. The first kappa shape index (κ1) is 11.5. The summed E-state index contributed by atoms with van der Waals surface area (Å²) >= 11 is -1.26. The molecule has 0 radical (unpaired) electrons. The molecule has 0 aromatic heterocycles. The van der Waals surface area contributed by atoms with E-state index in [2.05, 4.69) is 5.32 Å². The van der Waals surface area contributed by atoms with Crippen molar-refractivity contribution in [3.8, 4) is 0 Å². The monoisotopic (exact) mass is 221 g/mol. The van der Waals surface area contributed by atoms with Crippen molar-refractivity contribution < 1.29 is 17.9 Å². The van der Waals surface area contributed by atoms with Gasteiger partial charge in [-0.3, -0.25) is 4.18 Å². The summed E-state index contributed by atoms with van der Waals surface area (Å²) in [5, 5.41) is 2.59. The van der Waals surface area contributed by atoms with E-state index >= 15 is 0 Å². The van der Waals surface area contributed by atoms with E-state index in [-0.39, 0.29) is 12.6 Å². The van der Waals surface area contributed by atoms with Crippen LogP contribution in [0.5, 0.6) is 0 Å². The van der Waals surface area contributed by atoms with Gasteiger partial charge in [0.2, 0.25) is 0 Å². The number of carbonyl (C=O) groups is 1. The van der Waals surface area contributed by atoms with E-state index in [1.54, 1.807) is 20.8 Å². The van der Waals surface area contributed by atoms with Crippen molar-refractivity contribution in [2.75, 3.05) is 12.4 Å². The van der Waals surface area contributed by atoms with Crippen molar-refractivity contribution in [3.63, 3.8) is 0 Å². The third-order valence-corrected chi connectivity index (χ3v) is 2.53. The van der Waals surface area contributed by atoms with Crippen molar-refractivity contribution in [3.05, 3.63) is 0 Å². The molecular weight excluding hydrogens is 206 g/mol. The molecule has 5 nitrogen and oxygen atoms in total. The Labute approximate surface area is 85.8 Å². The zero-order valence-electron chi connectivity index (χ0n) is 8.53. The molecule has 0 aromatic carbocycles. The lowest BCUT2D eigenvalue weighted by atomic mass is 10.2. The van der Waals surface area contributed by atoms with E-state index in [1.807, 2.05) is 0 Å². The number of nitrogens with one attached hydrogen (secondary N) is 1. The Morgan fingerprint density at radius 2 is 2.21 bits per heavy atom. The summed E-state index contributed by atoms with van der Waals surface area (Å²) in [6.07, 6.45) is -0.495. The average molecular weight is 221 g/mol. The van der Waals surface area contributed by atoms with Crippen molar-refractivity contribution in [1.29, 1.82) is 0 Å². The van der Waals surface area contributed by atoms with Gasteiger partial charge in [0.1, 0.15) is 5.60 Å². The molecule has 0 spiro atoms. The summed E-state index contributed by atoms with van der Waals surface area (Å²) in [5.41, 5.74) is -0.511. The molecule has 0 saturated carbocycles. The maximum absolute atomic E-state index is 11.2. The Hall–Kier alpha value is -0.620. The van der Waals surface area contributed by atoms with Gasteiger partial charge in [0.25, 0.3) is 0 Å². The van der Waals surface area contributed by atoms with E-state index < -0.39 is 22.8 Å². The fraction of sp³-hybridized carbons (Fsp3) is 0.875. The van der Waals surface area contributed by atoms with Gasteiger partial charge in [-0.05, 0) is 20.8 Å². The number of rotatable bonds is 1. The Balaban J connectivity index is 2.31. The molecule has 0 unspecified atom stereocenters. The van der Waals surface area contributed by atoms with E-state index in [0.29, 0.717) is 5.75 Å². The van der Waals surface area contributed by atoms with E-state index in [4.69, 9.17) is 8.92 Å². The quantitative estimate of drug-likeness (QED) is 0.703. The molecule has 2 atom stereocenters. The summed E-state index contributed by atoms with van der Waals surface area (Å²) in [6, 6.07) is -0.203. The van der Waals surface area contributed by atoms with Crippen LogP contribution in [-0.4, -0.2) is 34.3 Å². The van der Waals surface area contributed by atoms with Crippen molar-refractivity contribution in [2.24, 2.45) is 0 Å². The van der Waals surface area contributed by atoms with E-state index in [1.165, 1.54) is 0 Å². The van der Waals surface area contributed by atoms with Crippen LogP contribution in [0.4, 0.5) is 4.79 Å². The molecule has 1 rings (SSSR count). The van der Waals surface area contributed by atoms with Crippen molar-refractivity contribution in [1.82, 2.24) is 5.32 Å².